The Labute approximate surface area is 188 Å². The van der Waals surface area contributed by atoms with Gasteiger partial charge in [0.05, 0.1) is 17.3 Å². The summed E-state index contributed by atoms with van der Waals surface area (Å²) in [5, 5.41) is 3.22. The summed E-state index contributed by atoms with van der Waals surface area (Å²) in [6.45, 7) is 6.55. The number of hydrogen-bond acceptors (Lipinski definition) is 6. The van der Waals surface area contributed by atoms with Crippen molar-refractivity contribution in [2.45, 2.75) is 65.3 Å². The van der Waals surface area contributed by atoms with Gasteiger partial charge in [0.15, 0.2) is 0 Å². The maximum Gasteiger partial charge on any atom is 0.258 e. The minimum absolute atomic E-state index is 0.0436. The Morgan fingerprint density at radius 3 is 2.66 bits per heavy atom. The van der Waals surface area contributed by atoms with Crippen molar-refractivity contribution in [3.05, 3.63) is 64.0 Å². The average Bonchev–Trinajstić information content (AvgIpc) is 3.37. The van der Waals surface area contributed by atoms with Gasteiger partial charge in [0.2, 0.25) is 5.95 Å². The van der Waals surface area contributed by atoms with E-state index in [1.165, 1.54) is 0 Å². The molecule has 3 aromatic heterocycles. The highest BCUT2D eigenvalue weighted by Gasteiger charge is 2.35. The van der Waals surface area contributed by atoms with Crippen LogP contribution in [0.25, 0.3) is 0 Å². The van der Waals surface area contributed by atoms with E-state index in [9.17, 15) is 4.79 Å². The second-order valence-corrected chi connectivity index (χ2v) is 8.85. The number of pyridine rings is 1. The standard InChI is InChI=1S/C25H29N5O2/c1-15-14-16(2)27-25(26-15)29-22-12-6-9-19(28-22)20-10-7-13-30(20)24(31)23-17(3)32-21-11-5-4-8-18(21)23/h6,9,12,14,20H,4-5,7-8,10-11,13H2,1-3H3,(H,26,27,28,29)/t20-/m0/s1. The number of nitrogens with zero attached hydrogens (tertiary/aromatic N) is 4. The monoisotopic (exact) mass is 431 g/mol. The molecule has 7 heteroatoms. The highest BCUT2D eigenvalue weighted by Crippen LogP contribution is 2.36. The third-order valence-corrected chi connectivity index (χ3v) is 6.41. The molecule has 1 saturated heterocycles. The number of hydrogen-bond donors (Lipinski definition) is 1. The lowest BCUT2D eigenvalue weighted by atomic mass is 9.94. The van der Waals surface area contributed by atoms with Crippen LogP contribution in [-0.2, 0) is 12.8 Å². The van der Waals surface area contributed by atoms with Crippen molar-refractivity contribution in [2.75, 3.05) is 11.9 Å². The highest BCUT2D eigenvalue weighted by molar-refractivity contribution is 5.97. The van der Waals surface area contributed by atoms with Crippen LogP contribution in [0.5, 0.6) is 0 Å². The SMILES string of the molecule is Cc1cc(C)nc(Nc2cccc([C@@H]3CCCN3C(=O)c3c(C)oc4c3CCCC4)n2)n1. The van der Waals surface area contributed by atoms with Gasteiger partial charge in [-0.1, -0.05) is 6.07 Å². The minimum Gasteiger partial charge on any atom is -0.465 e. The molecular weight excluding hydrogens is 402 g/mol. The average molecular weight is 432 g/mol. The molecule has 0 radical (unpaired) electrons. The highest BCUT2D eigenvalue weighted by atomic mass is 16.3. The van der Waals surface area contributed by atoms with Crippen LogP contribution in [0.1, 0.15) is 76.2 Å². The van der Waals surface area contributed by atoms with Gasteiger partial charge in [0.25, 0.3) is 5.91 Å². The molecule has 1 amide bonds. The van der Waals surface area contributed by atoms with Gasteiger partial charge < -0.3 is 14.6 Å². The molecule has 2 aliphatic rings. The molecule has 0 unspecified atom stereocenters. The smallest absolute Gasteiger partial charge is 0.258 e. The number of aryl methyl sites for hydroxylation is 4. The topological polar surface area (TPSA) is 84.2 Å². The second-order valence-electron chi connectivity index (χ2n) is 8.85. The predicted octanol–water partition coefficient (Wildman–Crippen LogP) is 4.99. The number of carbonyl (C=O) groups excluding carboxylic acids is 1. The van der Waals surface area contributed by atoms with Crippen molar-refractivity contribution in [1.29, 1.82) is 0 Å². The van der Waals surface area contributed by atoms with Gasteiger partial charge in [-0.15, -0.1) is 0 Å². The molecule has 5 rings (SSSR count). The Kier molecular flexibility index (Phi) is 5.41. The Bertz CT molecular complexity index is 1150. The van der Waals surface area contributed by atoms with Crippen molar-refractivity contribution in [3.63, 3.8) is 0 Å². The quantitative estimate of drug-likeness (QED) is 0.626. The third kappa shape index (κ3) is 3.87. The van der Waals surface area contributed by atoms with Crippen LogP contribution >= 0.6 is 0 Å². The molecule has 166 valence electrons. The van der Waals surface area contributed by atoms with Crippen LogP contribution in [-0.4, -0.2) is 32.3 Å². The molecular formula is C25H29N5O2. The first-order chi connectivity index (χ1) is 15.5. The fourth-order valence-corrected chi connectivity index (χ4v) is 5.05. The van der Waals surface area contributed by atoms with E-state index < -0.39 is 0 Å². The number of carbonyl (C=O) groups is 1. The van der Waals surface area contributed by atoms with Crippen LogP contribution in [0.3, 0.4) is 0 Å². The summed E-state index contributed by atoms with van der Waals surface area (Å²) in [4.78, 5) is 29.3. The van der Waals surface area contributed by atoms with Crippen LogP contribution in [0.15, 0.2) is 28.7 Å². The molecule has 1 fully saturated rings. The second kappa shape index (κ2) is 8.37. The summed E-state index contributed by atoms with van der Waals surface area (Å²) in [7, 11) is 0. The third-order valence-electron chi connectivity index (χ3n) is 6.41. The Balaban J connectivity index is 1.41. The van der Waals surface area contributed by atoms with Crippen molar-refractivity contribution < 1.29 is 9.21 Å². The molecule has 1 N–H and O–H groups in total. The molecule has 3 aromatic rings. The largest absolute Gasteiger partial charge is 0.465 e. The first-order valence-corrected chi connectivity index (χ1v) is 11.5. The Morgan fingerprint density at radius 2 is 1.84 bits per heavy atom. The zero-order valence-electron chi connectivity index (χ0n) is 18.9. The first-order valence-electron chi connectivity index (χ1n) is 11.5. The number of likely N-dealkylation sites (tertiary alicyclic amines) is 1. The summed E-state index contributed by atoms with van der Waals surface area (Å²) in [5.41, 5.74) is 4.61. The number of aromatic nitrogens is 3. The fourth-order valence-electron chi connectivity index (χ4n) is 5.05. The molecule has 32 heavy (non-hydrogen) atoms. The van der Waals surface area contributed by atoms with Crippen LogP contribution in [0, 0.1) is 20.8 Å². The van der Waals surface area contributed by atoms with Gasteiger partial charge in [0, 0.05) is 29.9 Å². The number of nitrogens with one attached hydrogen (secondary N) is 1. The summed E-state index contributed by atoms with van der Waals surface area (Å²) in [6.07, 6.45) is 5.98. The summed E-state index contributed by atoms with van der Waals surface area (Å²) in [6, 6.07) is 7.77. The van der Waals surface area contributed by atoms with Crippen LogP contribution < -0.4 is 5.32 Å². The Hall–Kier alpha value is -3.22. The van der Waals surface area contributed by atoms with Crippen molar-refractivity contribution >= 4 is 17.7 Å². The lowest BCUT2D eigenvalue weighted by molar-refractivity contribution is 0.0730. The van der Waals surface area contributed by atoms with Crippen molar-refractivity contribution in [2.24, 2.45) is 0 Å². The normalized spacial score (nSPS) is 18.0. The lowest BCUT2D eigenvalue weighted by Crippen LogP contribution is -2.32. The molecule has 7 nitrogen and oxygen atoms in total. The van der Waals surface area contributed by atoms with Gasteiger partial charge in [-0.05, 0) is 71.1 Å². The number of amides is 1. The molecule has 0 spiro atoms. The van der Waals surface area contributed by atoms with E-state index in [1.807, 2.05) is 49.9 Å². The number of rotatable bonds is 4. The van der Waals surface area contributed by atoms with Crippen LogP contribution in [0.4, 0.5) is 11.8 Å². The summed E-state index contributed by atoms with van der Waals surface area (Å²) >= 11 is 0. The lowest BCUT2D eigenvalue weighted by Gasteiger charge is -2.25. The number of furan rings is 1. The van der Waals surface area contributed by atoms with E-state index in [4.69, 9.17) is 9.40 Å². The maximum atomic E-state index is 13.6. The number of anilines is 2. The maximum absolute atomic E-state index is 13.6. The van der Waals surface area contributed by atoms with Gasteiger partial charge >= 0.3 is 0 Å². The first kappa shape index (κ1) is 20.7. The Morgan fingerprint density at radius 1 is 1.06 bits per heavy atom. The van der Waals surface area contributed by atoms with Gasteiger partial charge in [-0.3, -0.25) is 4.79 Å². The van der Waals surface area contributed by atoms with E-state index in [0.29, 0.717) is 11.8 Å². The zero-order chi connectivity index (χ0) is 22.2. The van der Waals surface area contributed by atoms with E-state index >= 15 is 0 Å². The molecule has 1 aliphatic carbocycles. The van der Waals surface area contributed by atoms with Gasteiger partial charge in [0.1, 0.15) is 17.3 Å². The van der Waals surface area contributed by atoms with Crippen LogP contribution in [0.2, 0.25) is 0 Å². The summed E-state index contributed by atoms with van der Waals surface area (Å²) in [5.74, 6) is 3.05. The summed E-state index contributed by atoms with van der Waals surface area (Å²) < 4.78 is 5.98. The van der Waals surface area contributed by atoms with Gasteiger partial charge in [-0.25, -0.2) is 15.0 Å². The number of fused-ring (bicyclic) bond motifs is 1. The van der Waals surface area contributed by atoms with E-state index in [2.05, 4.69) is 15.3 Å². The predicted molar refractivity (Wildman–Crippen MR) is 122 cm³/mol. The van der Waals surface area contributed by atoms with E-state index in [1.54, 1.807) is 0 Å². The van der Waals surface area contributed by atoms with Gasteiger partial charge in [-0.2, -0.15) is 0 Å². The molecule has 1 aliphatic heterocycles. The molecule has 1 atom stereocenters. The van der Waals surface area contributed by atoms with E-state index in [0.717, 1.165) is 84.8 Å². The van der Waals surface area contributed by atoms with Crippen molar-refractivity contribution in [3.8, 4) is 0 Å². The zero-order valence-corrected chi connectivity index (χ0v) is 18.9. The minimum atomic E-state index is -0.0436. The molecule has 0 aromatic carbocycles. The van der Waals surface area contributed by atoms with E-state index in [-0.39, 0.29) is 11.9 Å². The molecule has 0 bridgehead atoms. The molecule has 0 saturated carbocycles. The van der Waals surface area contributed by atoms with Crippen molar-refractivity contribution in [1.82, 2.24) is 19.9 Å². The molecule has 4 heterocycles. The fraction of sp³-hybridized carbons (Fsp3) is 0.440.